The Morgan fingerprint density at radius 3 is 2.34 bits per heavy atom. The number of para-hydroxylation sites is 1. The molecule has 0 bridgehead atoms. The molecule has 1 fully saturated rings. The quantitative estimate of drug-likeness (QED) is 0.575. The van der Waals surface area contributed by atoms with E-state index in [0.29, 0.717) is 30.7 Å². The molecule has 0 atom stereocenters. The highest BCUT2D eigenvalue weighted by molar-refractivity contribution is 9.10. The monoisotopic (exact) mass is 458 g/mol. The van der Waals surface area contributed by atoms with Crippen LogP contribution < -0.4 is 10.1 Å². The zero-order valence-electron chi connectivity index (χ0n) is 16.5. The Morgan fingerprint density at radius 1 is 0.966 bits per heavy atom. The molecule has 2 aromatic carbocycles. The lowest BCUT2D eigenvalue weighted by molar-refractivity contribution is -0.116. The molecule has 6 heteroatoms. The van der Waals surface area contributed by atoms with Gasteiger partial charge < -0.3 is 15.0 Å². The maximum Gasteiger partial charge on any atom is 0.253 e. The molecule has 0 aromatic heterocycles. The topological polar surface area (TPSA) is 58.6 Å². The second kappa shape index (κ2) is 11.0. The first-order valence-electron chi connectivity index (χ1n) is 10.2. The van der Waals surface area contributed by atoms with Crippen molar-refractivity contribution in [2.75, 3.05) is 25.0 Å². The third-order valence-electron chi connectivity index (χ3n) is 4.95. The third-order valence-corrected chi connectivity index (χ3v) is 5.61. The predicted octanol–water partition coefficient (Wildman–Crippen LogP) is 5.26. The molecule has 2 amide bonds. The Labute approximate surface area is 180 Å². The van der Waals surface area contributed by atoms with Crippen LogP contribution in [0, 0.1) is 0 Å². The lowest BCUT2D eigenvalue weighted by Gasteiger charge is -2.20. The van der Waals surface area contributed by atoms with Gasteiger partial charge in [0.1, 0.15) is 5.75 Å². The Bertz CT molecular complexity index is 815. The number of carbonyl (C=O) groups is 2. The van der Waals surface area contributed by atoms with Crippen molar-refractivity contribution >= 4 is 33.4 Å². The summed E-state index contributed by atoms with van der Waals surface area (Å²) in [5, 5.41) is 2.88. The van der Waals surface area contributed by atoms with Crippen LogP contribution in [0.15, 0.2) is 53.0 Å². The SMILES string of the molecule is O=C(CCCOc1ccccc1Br)Nc1ccc(C(=O)N2CCCCCC2)cc1. The average Bonchev–Trinajstić information content (AvgIpc) is 3.02. The van der Waals surface area contributed by atoms with Crippen molar-refractivity contribution in [1.29, 1.82) is 0 Å². The number of hydrogen-bond acceptors (Lipinski definition) is 3. The smallest absolute Gasteiger partial charge is 0.253 e. The standard InChI is InChI=1S/C23H27BrN2O3/c24-20-8-3-4-9-21(20)29-17-7-10-22(27)25-19-13-11-18(12-14-19)23(28)26-15-5-1-2-6-16-26/h3-4,8-9,11-14H,1-2,5-7,10,15-17H2,(H,25,27). The van der Waals surface area contributed by atoms with E-state index in [0.717, 1.165) is 36.2 Å². The van der Waals surface area contributed by atoms with Gasteiger partial charge in [0, 0.05) is 30.8 Å². The van der Waals surface area contributed by atoms with Gasteiger partial charge in [-0.25, -0.2) is 0 Å². The summed E-state index contributed by atoms with van der Waals surface area (Å²) in [6, 6.07) is 14.8. The molecule has 0 unspecified atom stereocenters. The van der Waals surface area contributed by atoms with Gasteiger partial charge in [-0.05, 0) is 71.6 Å². The zero-order valence-corrected chi connectivity index (χ0v) is 18.1. The molecule has 5 nitrogen and oxygen atoms in total. The number of hydrogen-bond donors (Lipinski definition) is 1. The highest BCUT2D eigenvalue weighted by Crippen LogP contribution is 2.24. The van der Waals surface area contributed by atoms with E-state index in [-0.39, 0.29) is 11.8 Å². The first kappa shape index (κ1) is 21.4. The molecular weight excluding hydrogens is 432 g/mol. The molecule has 1 N–H and O–H groups in total. The van der Waals surface area contributed by atoms with Gasteiger partial charge in [-0.2, -0.15) is 0 Å². The molecule has 1 heterocycles. The minimum atomic E-state index is -0.0627. The first-order valence-corrected chi connectivity index (χ1v) is 11.0. The van der Waals surface area contributed by atoms with Crippen molar-refractivity contribution in [2.24, 2.45) is 0 Å². The minimum Gasteiger partial charge on any atom is -0.492 e. The molecular formula is C23H27BrN2O3. The number of carbonyl (C=O) groups excluding carboxylic acids is 2. The van der Waals surface area contributed by atoms with Gasteiger partial charge in [0.25, 0.3) is 5.91 Å². The summed E-state index contributed by atoms with van der Waals surface area (Å²) in [6.07, 6.45) is 5.54. The predicted molar refractivity (Wildman–Crippen MR) is 118 cm³/mol. The Morgan fingerprint density at radius 2 is 1.66 bits per heavy atom. The third kappa shape index (κ3) is 6.60. The molecule has 1 aliphatic heterocycles. The van der Waals surface area contributed by atoms with Gasteiger partial charge in [-0.3, -0.25) is 9.59 Å². The molecule has 0 spiro atoms. The van der Waals surface area contributed by atoms with Crippen LogP contribution in [-0.2, 0) is 4.79 Å². The van der Waals surface area contributed by atoms with E-state index in [2.05, 4.69) is 21.2 Å². The van der Waals surface area contributed by atoms with Crippen molar-refractivity contribution in [3.05, 3.63) is 58.6 Å². The fourth-order valence-electron chi connectivity index (χ4n) is 3.35. The molecule has 154 valence electrons. The fraction of sp³-hybridized carbons (Fsp3) is 0.391. The van der Waals surface area contributed by atoms with Crippen LogP contribution in [0.2, 0.25) is 0 Å². The lowest BCUT2D eigenvalue weighted by Crippen LogP contribution is -2.31. The molecule has 3 rings (SSSR count). The van der Waals surface area contributed by atoms with Crippen LogP contribution in [0.5, 0.6) is 5.75 Å². The number of anilines is 1. The van der Waals surface area contributed by atoms with Crippen LogP contribution in [0.4, 0.5) is 5.69 Å². The Balaban J connectivity index is 1.42. The number of nitrogens with one attached hydrogen (secondary N) is 1. The van der Waals surface area contributed by atoms with E-state index in [1.54, 1.807) is 24.3 Å². The van der Waals surface area contributed by atoms with Crippen LogP contribution in [-0.4, -0.2) is 36.4 Å². The summed E-state index contributed by atoms with van der Waals surface area (Å²) in [6.45, 7) is 2.14. The van der Waals surface area contributed by atoms with Crippen LogP contribution >= 0.6 is 15.9 Å². The molecule has 1 saturated heterocycles. The number of halogens is 1. The van der Waals surface area contributed by atoms with E-state index in [4.69, 9.17) is 4.74 Å². The fourth-order valence-corrected chi connectivity index (χ4v) is 3.75. The van der Waals surface area contributed by atoms with E-state index < -0.39 is 0 Å². The maximum absolute atomic E-state index is 12.6. The van der Waals surface area contributed by atoms with Crippen LogP contribution in [0.3, 0.4) is 0 Å². The van der Waals surface area contributed by atoms with E-state index in [1.165, 1.54) is 12.8 Å². The minimum absolute atomic E-state index is 0.0627. The van der Waals surface area contributed by atoms with Crippen molar-refractivity contribution < 1.29 is 14.3 Å². The van der Waals surface area contributed by atoms with Gasteiger partial charge in [0.2, 0.25) is 5.91 Å². The van der Waals surface area contributed by atoms with Gasteiger partial charge in [0.05, 0.1) is 11.1 Å². The van der Waals surface area contributed by atoms with Crippen molar-refractivity contribution in [3.63, 3.8) is 0 Å². The van der Waals surface area contributed by atoms with Gasteiger partial charge >= 0.3 is 0 Å². The lowest BCUT2D eigenvalue weighted by atomic mass is 10.1. The number of likely N-dealkylation sites (tertiary alicyclic amines) is 1. The summed E-state index contributed by atoms with van der Waals surface area (Å²) in [5.74, 6) is 0.791. The zero-order chi connectivity index (χ0) is 20.5. The van der Waals surface area contributed by atoms with Crippen molar-refractivity contribution in [2.45, 2.75) is 38.5 Å². The Kier molecular flexibility index (Phi) is 8.11. The van der Waals surface area contributed by atoms with E-state index >= 15 is 0 Å². The first-order chi connectivity index (χ1) is 14.1. The van der Waals surface area contributed by atoms with Crippen LogP contribution in [0.25, 0.3) is 0 Å². The second-order valence-electron chi connectivity index (χ2n) is 7.21. The van der Waals surface area contributed by atoms with Crippen molar-refractivity contribution in [1.82, 2.24) is 4.90 Å². The molecule has 29 heavy (non-hydrogen) atoms. The molecule has 0 aliphatic carbocycles. The average molecular weight is 459 g/mol. The molecule has 2 aromatic rings. The van der Waals surface area contributed by atoms with Crippen LogP contribution in [0.1, 0.15) is 48.9 Å². The van der Waals surface area contributed by atoms with E-state index in [1.807, 2.05) is 29.2 Å². The highest BCUT2D eigenvalue weighted by Gasteiger charge is 2.17. The largest absolute Gasteiger partial charge is 0.492 e. The number of benzene rings is 2. The number of amides is 2. The molecule has 0 saturated carbocycles. The molecule has 0 radical (unpaired) electrons. The summed E-state index contributed by atoms with van der Waals surface area (Å²) in [4.78, 5) is 26.7. The number of nitrogens with zero attached hydrogens (tertiary/aromatic N) is 1. The van der Waals surface area contributed by atoms with Gasteiger partial charge in [-0.1, -0.05) is 25.0 Å². The number of ether oxygens (including phenoxy) is 1. The van der Waals surface area contributed by atoms with Gasteiger partial charge in [0.15, 0.2) is 0 Å². The second-order valence-corrected chi connectivity index (χ2v) is 8.07. The van der Waals surface area contributed by atoms with E-state index in [9.17, 15) is 9.59 Å². The summed E-state index contributed by atoms with van der Waals surface area (Å²) < 4.78 is 6.58. The normalized spacial score (nSPS) is 14.2. The summed E-state index contributed by atoms with van der Waals surface area (Å²) >= 11 is 3.44. The number of rotatable bonds is 7. The highest BCUT2D eigenvalue weighted by atomic mass is 79.9. The maximum atomic E-state index is 12.6. The Hall–Kier alpha value is -2.34. The summed E-state index contributed by atoms with van der Waals surface area (Å²) in [7, 11) is 0. The molecule has 1 aliphatic rings. The van der Waals surface area contributed by atoms with Gasteiger partial charge in [-0.15, -0.1) is 0 Å². The van der Waals surface area contributed by atoms with Crippen molar-refractivity contribution in [3.8, 4) is 5.75 Å². The summed E-state index contributed by atoms with van der Waals surface area (Å²) in [5.41, 5.74) is 1.38.